The fourth-order valence-electron chi connectivity index (χ4n) is 3.53. The molecule has 3 rings (SSSR count). The monoisotopic (exact) mass is 395 g/mol. The van der Waals surface area contributed by atoms with E-state index in [9.17, 15) is 0 Å². The lowest BCUT2D eigenvalue weighted by Crippen LogP contribution is -2.46. The Bertz CT molecular complexity index is 787. The fourth-order valence-corrected chi connectivity index (χ4v) is 3.53. The van der Waals surface area contributed by atoms with Crippen molar-refractivity contribution in [2.75, 3.05) is 46.9 Å². The van der Waals surface area contributed by atoms with Gasteiger partial charge in [-0.05, 0) is 23.3 Å². The SMILES string of the molecule is COc1cc(CN2CCN(CCC#N)CC2)cc(OC)c1OCc1ccccc1. The highest BCUT2D eigenvalue weighted by Crippen LogP contribution is 2.39. The molecular formula is C23H29N3O3. The quantitative estimate of drug-likeness (QED) is 0.649. The van der Waals surface area contributed by atoms with Crippen molar-refractivity contribution in [3.63, 3.8) is 0 Å². The van der Waals surface area contributed by atoms with E-state index in [0.717, 1.165) is 50.4 Å². The van der Waals surface area contributed by atoms with Crippen molar-refractivity contribution in [3.8, 4) is 23.3 Å². The van der Waals surface area contributed by atoms with Gasteiger partial charge in [0.05, 0.1) is 20.3 Å². The smallest absolute Gasteiger partial charge is 0.203 e. The lowest BCUT2D eigenvalue weighted by Gasteiger charge is -2.34. The first-order valence-corrected chi connectivity index (χ1v) is 9.96. The predicted octanol–water partition coefficient (Wildman–Crippen LogP) is 3.31. The molecule has 0 aliphatic carbocycles. The summed E-state index contributed by atoms with van der Waals surface area (Å²) < 4.78 is 17.2. The maximum absolute atomic E-state index is 8.75. The molecule has 0 amide bonds. The molecule has 1 aliphatic heterocycles. The van der Waals surface area contributed by atoms with Crippen LogP contribution in [0.5, 0.6) is 17.2 Å². The summed E-state index contributed by atoms with van der Waals surface area (Å²) in [6.45, 7) is 6.11. The molecule has 0 radical (unpaired) electrons. The van der Waals surface area contributed by atoms with Gasteiger partial charge in [-0.15, -0.1) is 0 Å². The third kappa shape index (κ3) is 5.86. The molecule has 0 aromatic heterocycles. The Labute approximate surface area is 173 Å². The Kier molecular flexibility index (Phi) is 7.74. The molecule has 0 saturated carbocycles. The first-order valence-electron chi connectivity index (χ1n) is 9.96. The van der Waals surface area contributed by atoms with Gasteiger partial charge in [-0.1, -0.05) is 30.3 Å². The maximum atomic E-state index is 8.75. The minimum Gasteiger partial charge on any atom is -0.493 e. The highest BCUT2D eigenvalue weighted by molar-refractivity contribution is 5.54. The van der Waals surface area contributed by atoms with Crippen LogP contribution < -0.4 is 14.2 Å². The van der Waals surface area contributed by atoms with Crippen LogP contribution >= 0.6 is 0 Å². The van der Waals surface area contributed by atoms with Gasteiger partial charge in [0.1, 0.15) is 6.61 Å². The van der Waals surface area contributed by atoms with Gasteiger partial charge in [-0.3, -0.25) is 9.80 Å². The highest BCUT2D eigenvalue weighted by Gasteiger charge is 2.19. The second-order valence-electron chi connectivity index (χ2n) is 7.13. The molecule has 0 atom stereocenters. The summed E-state index contributed by atoms with van der Waals surface area (Å²) in [5, 5.41) is 8.75. The number of methoxy groups -OCH3 is 2. The molecule has 1 fully saturated rings. The van der Waals surface area contributed by atoms with Crippen molar-refractivity contribution in [1.82, 2.24) is 9.80 Å². The number of ether oxygens (including phenoxy) is 3. The van der Waals surface area contributed by atoms with E-state index in [1.165, 1.54) is 0 Å². The fraction of sp³-hybridized carbons (Fsp3) is 0.435. The van der Waals surface area contributed by atoms with Crippen LogP contribution in [0.1, 0.15) is 17.5 Å². The van der Waals surface area contributed by atoms with Gasteiger partial charge >= 0.3 is 0 Å². The van der Waals surface area contributed by atoms with Crippen molar-refractivity contribution < 1.29 is 14.2 Å². The summed E-state index contributed by atoms with van der Waals surface area (Å²) in [6.07, 6.45) is 0.596. The third-order valence-electron chi connectivity index (χ3n) is 5.16. The van der Waals surface area contributed by atoms with Crippen molar-refractivity contribution in [3.05, 3.63) is 53.6 Å². The van der Waals surface area contributed by atoms with E-state index in [-0.39, 0.29) is 0 Å². The average Bonchev–Trinajstić information content (AvgIpc) is 2.77. The van der Waals surface area contributed by atoms with Crippen molar-refractivity contribution in [1.29, 1.82) is 5.26 Å². The number of nitrogens with zero attached hydrogens (tertiary/aromatic N) is 3. The van der Waals surface area contributed by atoms with Gasteiger partial charge < -0.3 is 14.2 Å². The summed E-state index contributed by atoms with van der Waals surface area (Å²) in [5.74, 6) is 2.00. The van der Waals surface area contributed by atoms with E-state index < -0.39 is 0 Å². The van der Waals surface area contributed by atoms with E-state index >= 15 is 0 Å². The summed E-state index contributed by atoms with van der Waals surface area (Å²) in [5.41, 5.74) is 2.23. The van der Waals surface area contributed by atoms with E-state index in [1.54, 1.807) is 14.2 Å². The normalized spacial score (nSPS) is 14.9. The number of benzene rings is 2. The standard InChI is InChI=1S/C23H29N3O3/c1-27-21-15-20(17-26-13-11-25(12-14-26)10-6-9-24)16-22(28-2)23(21)29-18-19-7-4-3-5-8-19/h3-5,7-8,15-16H,6,10-14,17-18H2,1-2H3. The zero-order valence-electron chi connectivity index (χ0n) is 17.3. The molecule has 2 aromatic carbocycles. The first-order chi connectivity index (χ1) is 14.2. The molecule has 0 spiro atoms. The van der Waals surface area contributed by atoms with Crippen LogP contribution in [0.4, 0.5) is 0 Å². The molecular weight excluding hydrogens is 366 g/mol. The molecule has 154 valence electrons. The van der Waals surface area contributed by atoms with Crippen LogP contribution in [0, 0.1) is 11.3 Å². The van der Waals surface area contributed by atoms with Crippen molar-refractivity contribution >= 4 is 0 Å². The Balaban J connectivity index is 1.65. The Morgan fingerprint density at radius 1 is 0.897 bits per heavy atom. The third-order valence-corrected chi connectivity index (χ3v) is 5.16. The summed E-state index contributed by atoms with van der Waals surface area (Å²) in [6, 6.07) is 16.3. The minimum atomic E-state index is 0.456. The largest absolute Gasteiger partial charge is 0.493 e. The van der Waals surface area contributed by atoms with Crippen LogP contribution in [0.2, 0.25) is 0 Å². The lowest BCUT2D eigenvalue weighted by molar-refractivity contribution is 0.129. The second kappa shape index (κ2) is 10.7. The number of nitriles is 1. The van der Waals surface area contributed by atoms with Gasteiger partial charge in [0.2, 0.25) is 5.75 Å². The molecule has 6 nitrogen and oxygen atoms in total. The zero-order chi connectivity index (χ0) is 20.5. The molecule has 2 aromatic rings. The minimum absolute atomic E-state index is 0.456. The number of rotatable bonds is 9. The molecule has 1 heterocycles. The first kappa shape index (κ1) is 21.0. The molecule has 0 N–H and O–H groups in total. The molecule has 0 unspecified atom stereocenters. The second-order valence-corrected chi connectivity index (χ2v) is 7.13. The summed E-state index contributed by atoms with van der Waals surface area (Å²) in [7, 11) is 3.31. The molecule has 0 bridgehead atoms. The van der Waals surface area contributed by atoms with Crippen molar-refractivity contribution in [2.24, 2.45) is 0 Å². The average molecular weight is 396 g/mol. The number of hydrogen-bond donors (Lipinski definition) is 0. The molecule has 6 heteroatoms. The lowest BCUT2D eigenvalue weighted by atomic mass is 10.1. The van der Waals surface area contributed by atoms with Gasteiger partial charge in [-0.25, -0.2) is 0 Å². The van der Waals surface area contributed by atoms with Crippen LogP contribution in [-0.4, -0.2) is 56.7 Å². The zero-order valence-corrected chi connectivity index (χ0v) is 17.3. The Morgan fingerprint density at radius 2 is 1.52 bits per heavy atom. The van der Waals surface area contributed by atoms with Crippen LogP contribution in [0.3, 0.4) is 0 Å². The Hall–Kier alpha value is -2.75. The predicted molar refractivity (Wildman–Crippen MR) is 112 cm³/mol. The van der Waals surface area contributed by atoms with Crippen molar-refractivity contribution in [2.45, 2.75) is 19.6 Å². The summed E-state index contributed by atoms with van der Waals surface area (Å²) in [4.78, 5) is 4.77. The molecule has 29 heavy (non-hydrogen) atoms. The van der Waals surface area contributed by atoms with E-state index in [1.807, 2.05) is 42.5 Å². The maximum Gasteiger partial charge on any atom is 0.203 e. The van der Waals surface area contributed by atoms with Gasteiger partial charge in [-0.2, -0.15) is 5.26 Å². The van der Waals surface area contributed by atoms with Gasteiger partial charge in [0, 0.05) is 45.7 Å². The van der Waals surface area contributed by atoms with Crippen LogP contribution in [0.15, 0.2) is 42.5 Å². The summed E-state index contributed by atoms with van der Waals surface area (Å²) >= 11 is 0. The van der Waals surface area contributed by atoms with Crippen LogP contribution in [0.25, 0.3) is 0 Å². The number of piperazine rings is 1. The van der Waals surface area contributed by atoms with E-state index in [0.29, 0.717) is 30.3 Å². The van der Waals surface area contributed by atoms with Crippen LogP contribution in [-0.2, 0) is 13.2 Å². The number of hydrogen-bond acceptors (Lipinski definition) is 6. The van der Waals surface area contributed by atoms with E-state index in [4.69, 9.17) is 19.5 Å². The van der Waals surface area contributed by atoms with Gasteiger partial charge in [0.25, 0.3) is 0 Å². The Morgan fingerprint density at radius 3 is 2.10 bits per heavy atom. The highest BCUT2D eigenvalue weighted by atomic mass is 16.5. The topological polar surface area (TPSA) is 58.0 Å². The van der Waals surface area contributed by atoms with Gasteiger partial charge in [0.15, 0.2) is 11.5 Å². The van der Waals surface area contributed by atoms with E-state index in [2.05, 4.69) is 15.9 Å². The molecule has 1 saturated heterocycles. The molecule has 1 aliphatic rings.